The fraction of sp³-hybridized carbons (Fsp3) is 0.0588. The number of carboxylic acid groups (broad SMARTS) is 1. The molecule has 1 unspecified atom stereocenters. The van der Waals surface area contributed by atoms with Crippen molar-refractivity contribution < 1.29 is 9.90 Å². The summed E-state index contributed by atoms with van der Waals surface area (Å²) in [4.78, 5) is 11.3. The van der Waals surface area contributed by atoms with Crippen LogP contribution in [0.3, 0.4) is 0 Å². The average molecular weight is 319 g/mol. The van der Waals surface area contributed by atoms with Crippen LogP contribution in [0.5, 0.6) is 0 Å². The zero-order valence-electron chi connectivity index (χ0n) is 12.5. The molecule has 3 aromatic rings. The number of nitrogens with one attached hydrogen (secondary N) is 1. The first-order valence-corrected chi connectivity index (χ1v) is 7.38. The number of allylic oxidation sites excluding steroid dienone is 1. The van der Waals surface area contributed by atoms with E-state index < -0.39 is 5.97 Å². The number of aromatic nitrogens is 4. The van der Waals surface area contributed by atoms with Crippen LogP contribution in [-0.2, 0) is 4.79 Å². The van der Waals surface area contributed by atoms with E-state index in [0.29, 0.717) is 5.95 Å². The first-order valence-electron chi connectivity index (χ1n) is 7.38. The first-order chi connectivity index (χ1) is 11.7. The van der Waals surface area contributed by atoms with Gasteiger partial charge in [-0.2, -0.15) is 4.68 Å². The zero-order chi connectivity index (χ0) is 16.5. The molecule has 1 aliphatic rings. The van der Waals surface area contributed by atoms with E-state index in [1.54, 1.807) is 10.8 Å². The molecule has 0 spiro atoms. The van der Waals surface area contributed by atoms with Crippen molar-refractivity contribution in [2.24, 2.45) is 0 Å². The van der Waals surface area contributed by atoms with Crippen molar-refractivity contribution in [2.75, 3.05) is 5.32 Å². The van der Waals surface area contributed by atoms with E-state index in [4.69, 9.17) is 0 Å². The number of benzene rings is 2. The monoisotopic (exact) mass is 319 g/mol. The SMILES string of the molecule is O=C(O)C1=CC(c2ccc(-c3ccccc3)cc2)n2nnnc2N1. The molecule has 7 nitrogen and oxygen atoms in total. The Labute approximate surface area is 137 Å². The third-order valence-electron chi connectivity index (χ3n) is 3.92. The Balaban J connectivity index is 1.72. The van der Waals surface area contributed by atoms with Gasteiger partial charge in [0.25, 0.3) is 0 Å². The highest BCUT2D eigenvalue weighted by Crippen LogP contribution is 2.29. The first kappa shape index (κ1) is 14.1. The maximum absolute atomic E-state index is 11.3. The fourth-order valence-corrected chi connectivity index (χ4v) is 2.72. The summed E-state index contributed by atoms with van der Waals surface area (Å²) in [5, 5.41) is 23.3. The minimum absolute atomic E-state index is 0.0643. The Hall–Kier alpha value is -3.48. The second-order valence-electron chi connectivity index (χ2n) is 5.39. The van der Waals surface area contributed by atoms with Crippen molar-refractivity contribution in [2.45, 2.75) is 6.04 Å². The number of nitrogens with zero attached hydrogens (tertiary/aromatic N) is 4. The highest BCUT2D eigenvalue weighted by molar-refractivity contribution is 5.90. The number of fused-ring (bicyclic) bond motifs is 1. The molecule has 1 aromatic heterocycles. The van der Waals surface area contributed by atoms with Crippen LogP contribution in [0.15, 0.2) is 66.4 Å². The van der Waals surface area contributed by atoms with Crippen LogP contribution < -0.4 is 5.32 Å². The molecule has 24 heavy (non-hydrogen) atoms. The van der Waals surface area contributed by atoms with Gasteiger partial charge in [0.1, 0.15) is 11.7 Å². The lowest BCUT2D eigenvalue weighted by Gasteiger charge is -2.21. The van der Waals surface area contributed by atoms with Crippen LogP contribution >= 0.6 is 0 Å². The maximum Gasteiger partial charge on any atom is 0.352 e. The van der Waals surface area contributed by atoms with Crippen molar-refractivity contribution in [3.63, 3.8) is 0 Å². The molecule has 7 heteroatoms. The summed E-state index contributed by atoms with van der Waals surface area (Å²) in [7, 11) is 0. The minimum Gasteiger partial charge on any atom is -0.477 e. The highest BCUT2D eigenvalue weighted by Gasteiger charge is 2.26. The molecule has 0 radical (unpaired) electrons. The predicted molar refractivity (Wildman–Crippen MR) is 87.2 cm³/mol. The zero-order valence-corrected chi connectivity index (χ0v) is 12.5. The standard InChI is InChI=1S/C17H13N5O2/c23-16(24)14-10-15(22-17(18-14)19-20-21-22)13-8-6-12(7-9-13)11-4-2-1-3-5-11/h1-10,15H,(H,23,24)(H,18,19,21). The lowest BCUT2D eigenvalue weighted by molar-refractivity contribution is -0.132. The number of carbonyl (C=O) groups is 1. The number of rotatable bonds is 3. The van der Waals surface area contributed by atoms with Gasteiger partial charge < -0.3 is 10.4 Å². The summed E-state index contributed by atoms with van der Waals surface area (Å²) in [5.74, 6) is -0.734. The molecule has 0 fully saturated rings. The van der Waals surface area contributed by atoms with Crippen molar-refractivity contribution in [1.82, 2.24) is 20.2 Å². The molecule has 2 aromatic carbocycles. The average Bonchev–Trinajstić information content (AvgIpc) is 3.10. The molecule has 0 bridgehead atoms. The molecular formula is C17H13N5O2. The summed E-state index contributed by atoms with van der Waals surface area (Å²) in [6, 6.07) is 17.6. The van der Waals surface area contributed by atoms with E-state index in [9.17, 15) is 9.90 Å². The fourth-order valence-electron chi connectivity index (χ4n) is 2.72. The topological polar surface area (TPSA) is 92.9 Å². The minimum atomic E-state index is -1.05. The Bertz CT molecular complexity index is 916. The number of hydrogen-bond donors (Lipinski definition) is 2. The summed E-state index contributed by atoms with van der Waals surface area (Å²) in [6.45, 7) is 0. The van der Waals surface area contributed by atoms with Crippen LogP contribution in [-0.4, -0.2) is 31.3 Å². The Morgan fingerprint density at radius 2 is 1.75 bits per heavy atom. The van der Waals surface area contributed by atoms with Crippen molar-refractivity contribution in [3.8, 4) is 11.1 Å². The molecule has 4 rings (SSSR count). The molecule has 0 saturated carbocycles. The Morgan fingerprint density at radius 3 is 2.46 bits per heavy atom. The quantitative estimate of drug-likeness (QED) is 0.769. The summed E-state index contributed by atoms with van der Waals surface area (Å²) < 4.78 is 1.56. The molecule has 0 saturated heterocycles. The van der Waals surface area contributed by atoms with Crippen LogP contribution in [0.1, 0.15) is 11.6 Å². The number of tetrazole rings is 1. The van der Waals surface area contributed by atoms with Gasteiger partial charge in [-0.15, -0.1) is 0 Å². The van der Waals surface area contributed by atoms with Gasteiger partial charge in [0.15, 0.2) is 0 Å². The van der Waals surface area contributed by atoms with Crippen molar-refractivity contribution in [1.29, 1.82) is 0 Å². The van der Waals surface area contributed by atoms with Gasteiger partial charge in [0.05, 0.1) is 0 Å². The van der Waals surface area contributed by atoms with E-state index in [0.717, 1.165) is 16.7 Å². The van der Waals surface area contributed by atoms with Gasteiger partial charge in [-0.25, -0.2) is 4.79 Å². The predicted octanol–water partition coefficient (Wildman–Crippen LogP) is 2.32. The summed E-state index contributed by atoms with van der Waals surface area (Å²) in [5.41, 5.74) is 3.19. The van der Waals surface area contributed by atoms with Gasteiger partial charge in [-0.3, -0.25) is 0 Å². The van der Waals surface area contributed by atoms with Gasteiger partial charge in [-0.05, 0) is 33.2 Å². The van der Waals surface area contributed by atoms with E-state index in [1.807, 2.05) is 54.6 Å². The van der Waals surface area contributed by atoms with E-state index >= 15 is 0 Å². The van der Waals surface area contributed by atoms with Gasteiger partial charge >= 0.3 is 5.97 Å². The Kier molecular flexibility index (Phi) is 3.31. The van der Waals surface area contributed by atoms with E-state index in [-0.39, 0.29) is 11.7 Å². The van der Waals surface area contributed by atoms with E-state index in [1.165, 1.54) is 0 Å². The maximum atomic E-state index is 11.3. The molecule has 0 amide bonds. The van der Waals surface area contributed by atoms with Crippen LogP contribution in [0, 0.1) is 0 Å². The number of hydrogen-bond acceptors (Lipinski definition) is 5. The summed E-state index contributed by atoms with van der Waals surface area (Å²) in [6.07, 6.45) is 1.60. The molecule has 2 heterocycles. The molecular weight excluding hydrogens is 306 g/mol. The second kappa shape index (κ2) is 5.62. The smallest absolute Gasteiger partial charge is 0.352 e. The third-order valence-corrected chi connectivity index (χ3v) is 3.92. The second-order valence-corrected chi connectivity index (χ2v) is 5.39. The highest BCUT2D eigenvalue weighted by atomic mass is 16.4. The lowest BCUT2D eigenvalue weighted by atomic mass is 9.99. The lowest BCUT2D eigenvalue weighted by Crippen LogP contribution is -2.24. The van der Waals surface area contributed by atoms with E-state index in [2.05, 4.69) is 20.8 Å². The molecule has 2 N–H and O–H groups in total. The van der Waals surface area contributed by atoms with Crippen molar-refractivity contribution >= 4 is 11.9 Å². The summed E-state index contributed by atoms with van der Waals surface area (Å²) >= 11 is 0. The van der Waals surface area contributed by atoms with Crippen LogP contribution in [0.25, 0.3) is 11.1 Å². The van der Waals surface area contributed by atoms with Gasteiger partial charge in [-0.1, -0.05) is 59.7 Å². The van der Waals surface area contributed by atoms with Crippen molar-refractivity contribution in [3.05, 3.63) is 71.9 Å². The van der Waals surface area contributed by atoms with Crippen LogP contribution in [0.4, 0.5) is 5.95 Å². The molecule has 118 valence electrons. The molecule has 0 aliphatic carbocycles. The normalized spacial score (nSPS) is 16.0. The molecule has 1 aliphatic heterocycles. The van der Waals surface area contributed by atoms with Crippen LogP contribution in [0.2, 0.25) is 0 Å². The number of carboxylic acids is 1. The third kappa shape index (κ3) is 2.41. The van der Waals surface area contributed by atoms with Gasteiger partial charge in [0.2, 0.25) is 5.95 Å². The molecule has 1 atom stereocenters. The number of anilines is 1. The largest absolute Gasteiger partial charge is 0.477 e. The number of aliphatic carboxylic acids is 1. The van der Waals surface area contributed by atoms with Gasteiger partial charge in [0, 0.05) is 0 Å². The Morgan fingerprint density at radius 1 is 1.04 bits per heavy atom.